The van der Waals surface area contributed by atoms with Crippen molar-refractivity contribution in [3.8, 4) is 0 Å². The Kier molecular flexibility index (Phi) is 7.67. The molecule has 0 aromatic heterocycles. The predicted molar refractivity (Wildman–Crippen MR) is 79.3 cm³/mol. The molecule has 0 heterocycles. The number of aliphatic hydroxyl groups excluding tert-OH is 2. The van der Waals surface area contributed by atoms with Crippen LogP contribution in [0, 0.1) is 0 Å². The molecule has 0 aliphatic rings. The van der Waals surface area contributed by atoms with Crippen molar-refractivity contribution in [1.29, 1.82) is 0 Å². The summed E-state index contributed by atoms with van der Waals surface area (Å²) in [6.07, 6.45) is 3.21. The van der Waals surface area contributed by atoms with Gasteiger partial charge >= 0.3 is 0 Å². The van der Waals surface area contributed by atoms with Crippen molar-refractivity contribution in [2.75, 3.05) is 6.61 Å². The molecule has 110 valence electrons. The van der Waals surface area contributed by atoms with Crippen LogP contribution in [-0.4, -0.2) is 37.3 Å². The maximum atomic E-state index is 9.89. The Hall–Kier alpha value is 0.0969. The molecule has 18 heavy (non-hydrogen) atoms. The van der Waals surface area contributed by atoms with Crippen LogP contribution >= 0.6 is 0 Å². The topological polar surface area (TPSA) is 49.7 Å². The normalized spacial score (nSPS) is 16.7. The summed E-state index contributed by atoms with van der Waals surface area (Å²) in [6, 6.07) is 0. The number of rotatable bonds is 8. The van der Waals surface area contributed by atoms with E-state index in [1.807, 2.05) is 0 Å². The van der Waals surface area contributed by atoms with E-state index in [4.69, 9.17) is 9.53 Å². The minimum Gasteiger partial charge on any atom is -0.411 e. The zero-order valence-corrected chi connectivity index (χ0v) is 14.0. The fourth-order valence-corrected chi connectivity index (χ4v) is 2.98. The standard InChI is InChI=1S/C14H32O3Si/c1-7-8-9-10-13(12(16)11-15)17-18(5,6)14(2,3)4/h12-13,15-16H,7-11H2,1-6H3/t12-,13+/m1/s1. The molecule has 0 fully saturated rings. The number of hydrogen-bond acceptors (Lipinski definition) is 3. The summed E-state index contributed by atoms with van der Waals surface area (Å²) in [6.45, 7) is 12.9. The van der Waals surface area contributed by atoms with Gasteiger partial charge in [-0.05, 0) is 24.6 Å². The minimum atomic E-state index is -1.88. The van der Waals surface area contributed by atoms with Gasteiger partial charge in [0.25, 0.3) is 0 Å². The van der Waals surface area contributed by atoms with Crippen molar-refractivity contribution in [1.82, 2.24) is 0 Å². The van der Waals surface area contributed by atoms with Gasteiger partial charge in [-0.3, -0.25) is 0 Å². The molecular weight excluding hydrogens is 244 g/mol. The fraction of sp³-hybridized carbons (Fsp3) is 1.00. The smallest absolute Gasteiger partial charge is 0.192 e. The minimum absolute atomic E-state index is 0.130. The molecule has 0 bridgehead atoms. The van der Waals surface area contributed by atoms with Crippen molar-refractivity contribution in [3.05, 3.63) is 0 Å². The first-order chi connectivity index (χ1) is 8.15. The third-order valence-corrected chi connectivity index (χ3v) is 8.46. The quantitative estimate of drug-likeness (QED) is 0.528. The highest BCUT2D eigenvalue weighted by atomic mass is 28.4. The highest BCUT2D eigenvalue weighted by Crippen LogP contribution is 2.38. The predicted octanol–water partition coefficient (Wildman–Crippen LogP) is 3.31. The molecular formula is C14H32O3Si. The maximum absolute atomic E-state index is 9.89. The highest BCUT2D eigenvalue weighted by molar-refractivity contribution is 6.74. The van der Waals surface area contributed by atoms with Gasteiger partial charge in [-0.15, -0.1) is 0 Å². The fourth-order valence-electron chi connectivity index (χ4n) is 1.60. The van der Waals surface area contributed by atoms with Gasteiger partial charge in [-0.1, -0.05) is 47.0 Å². The monoisotopic (exact) mass is 276 g/mol. The summed E-state index contributed by atoms with van der Waals surface area (Å²) in [7, 11) is -1.88. The Bertz CT molecular complexity index is 224. The number of unbranched alkanes of at least 4 members (excludes halogenated alkanes) is 2. The van der Waals surface area contributed by atoms with E-state index in [0.717, 1.165) is 25.7 Å². The number of aliphatic hydroxyl groups is 2. The second kappa shape index (κ2) is 7.63. The van der Waals surface area contributed by atoms with Crippen LogP contribution < -0.4 is 0 Å². The molecule has 0 aromatic carbocycles. The van der Waals surface area contributed by atoms with E-state index in [2.05, 4.69) is 40.8 Å². The van der Waals surface area contributed by atoms with E-state index >= 15 is 0 Å². The van der Waals surface area contributed by atoms with E-state index < -0.39 is 14.4 Å². The molecule has 2 N–H and O–H groups in total. The first kappa shape index (κ1) is 18.1. The molecule has 0 aliphatic carbocycles. The van der Waals surface area contributed by atoms with Gasteiger partial charge < -0.3 is 14.6 Å². The van der Waals surface area contributed by atoms with Crippen molar-refractivity contribution < 1.29 is 14.6 Å². The maximum Gasteiger partial charge on any atom is 0.192 e. The Morgan fingerprint density at radius 2 is 1.72 bits per heavy atom. The molecule has 0 unspecified atom stereocenters. The van der Waals surface area contributed by atoms with Crippen LogP contribution in [-0.2, 0) is 4.43 Å². The van der Waals surface area contributed by atoms with Crippen LogP contribution in [0.5, 0.6) is 0 Å². The Labute approximate surface area is 114 Å². The summed E-state index contributed by atoms with van der Waals surface area (Å²) < 4.78 is 6.23. The SMILES string of the molecule is CCCCC[C@H](O[Si](C)(C)C(C)(C)C)[C@H](O)CO. The van der Waals surface area contributed by atoms with E-state index in [9.17, 15) is 5.11 Å². The lowest BCUT2D eigenvalue weighted by molar-refractivity contribution is -0.0118. The Balaban J connectivity index is 4.58. The van der Waals surface area contributed by atoms with Gasteiger partial charge in [0.05, 0.1) is 12.7 Å². The van der Waals surface area contributed by atoms with E-state index in [0.29, 0.717) is 0 Å². The van der Waals surface area contributed by atoms with Crippen LogP contribution in [0.3, 0.4) is 0 Å². The Morgan fingerprint density at radius 1 is 1.17 bits per heavy atom. The van der Waals surface area contributed by atoms with Crippen LogP contribution in [0.25, 0.3) is 0 Å². The summed E-state index contributed by atoms with van der Waals surface area (Å²) in [5.74, 6) is 0. The van der Waals surface area contributed by atoms with Gasteiger partial charge in [-0.2, -0.15) is 0 Å². The number of hydrogen-bond donors (Lipinski definition) is 2. The van der Waals surface area contributed by atoms with E-state index in [-0.39, 0.29) is 17.7 Å². The molecule has 0 radical (unpaired) electrons. The van der Waals surface area contributed by atoms with Gasteiger partial charge in [0.1, 0.15) is 6.10 Å². The molecule has 0 rings (SSSR count). The summed E-state index contributed by atoms with van der Waals surface area (Å²) in [4.78, 5) is 0. The van der Waals surface area contributed by atoms with Crippen molar-refractivity contribution in [3.63, 3.8) is 0 Å². The van der Waals surface area contributed by atoms with Crippen LogP contribution in [0.1, 0.15) is 53.4 Å². The molecule has 0 saturated carbocycles. The average Bonchev–Trinajstić information content (AvgIpc) is 2.25. The van der Waals surface area contributed by atoms with E-state index in [1.54, 1.807) is 0 Å². The van der Waals surface area contributed by atoms with Gasteiger partial charge in [0, 0.05) is 0 Å². The average molecular weight is 276 g/mol. The van der Waals surface area contributed by atoms with Crippen molar-refractivity contribution in [2.24, 2.45) is 0 Å². The molecule has 0 spiro atoms. The van der Waals surface area contributed by atoms with Gasteiger partial charge in [0.15, 0.2) is 8.32 Å². The Morgan fingerprint density at radius 3 is 2.11 bits per heavy atom. The third-order valence-electron chi connectivity index (χ3n) is 3.96. The van der Waals surface area contributed by atoms with Crippen LogP contribution in [0.2, 0.25) is 18.1 Å². The second-order valence-corrected chi connectivity index (χ2v) is 11.4. The van der Waals surface area contributed by atoms with Crippen molar-refractivity contribution in [2.45, 2.75) is 83.7 Å². The second-order valence-electron chi connectivity index (χ2n) is 6.66. The molecule has 0 aliphatic heterocycles. The lowest BCUT2D eigenvalue weighted by atomic mass is 10.1. The third kappa shape index (κ3) is 5.82. The lowest BCUT2D eigenvalue weighted by Gasteiger charge is -2.40. The largest absolute Gasteiger partial charge is 0.411 e. The van der Waals surface area contributed by atoms with Crippen LogP contribution in [0.4, 0.5) is 0 Å². The zero-order valence-electron chi connectivity index (χ0n) is 13.0. The summed E-state index contributed by atoms with van der Waals surface area (Å²) >= 11 is 0. The molecule has 2 atom stereocenters. The first-order valence-electron chi connectivity index (χ1n) is 7.12. The summed E-state index contributed by atoms with van der Waals surface area (Å²) in [5.41, 5.74) is 0. The molecule has 0 amide bonds. The highest BCUT2D eigenvalue weighted by Gasteiger charge is 2.40. The lowest BCUT2D eigenvalue weighted by Crippen LogP contribution is -2.47. The zero-order chi connectivity index (χ0) is 14.4. The van der Waals surface area contributed by atoms with Crippen LogP contribution in [0.15, 0.2) is 0 Å². The first-order valence-corrected chi connectivity index (χ1v) is 10.0. The van der Waals surface area contributed by atoms with E-state index in [1.165, 1.54) is 0 Å². The molecule has 4 heteroatoms. The molecule has 0 aromatic rings. The molecule has 3 nitrogen and oxygen atoms in total. The van der Waals surface area contributed by atoms with Gasteiger partial charge in [-0.25, -0.2) is 0 Å². The van der Waals surface area contributed by atoms with Gasteiger partial charge in [0.2, 0.25) is 0 Å². The summed E-state index contributed by atoms with van der Waals surface area (Å²) in [5, 5.41) is 19.2. The molecule has 0 saturated heterocycles. The van der Waals surface area contributed by atoms with Crippen molar-refractivity contribution >= 4 is 8.32 Å².